The number of thiophene rings is 1. The summed E-state index contributed by atoms with van der Waals surface area (Å²) >= 11 is 1.37. The van der Waals surface area contributed by atoms with Gasteiger partial charge in [-0.2, -0.15) is 0 Å². The maximum absolute atomic E-state index is 13.3. The molecule has 5 nitrogen and oxygen atoms in total. The molecule has 0 saturated carbocycles. The molecule has 0 aliphatic heterocycles. The van der Waals surface area contributed by atoms with E-state index in [1.165, 1.54) is 28.9 Å². The van der Waals surface area contributed by atoms with Gasteiger partial charge in [0.15, 0.2) is 0 Å². The Kier molecular flexibility index (Phi) is 5.25. The molecule has 3 aromatic heterocycles. The zero-order valence-electron chi connectivity index (χ0n) is 18.7. The molecule has 32 heavy (non-hydrogen) atoms. The number of fused-ring (bicyclic) bond motifs is 2. The number of nitrogens with zero attached hydrogens (tertiary/aromatic N) is 1. The molecular weight excluding hydrogens is 418 g/mol. The number of anilines is 2. The first-order valence-electron chi connectivity index (χ1n) is 11.1. The van der Waals surface area contributed by atoms with Crippen molar-refractivity contribution < 1.29 is 9.21 Å². The van der Waals surface area contributed by atoms with E-state index >= 15 is 0 Å². The molecule has 1 aliphatic carbocycles. The fourth-order valence-corrected chi connectivity index (χ4v) is 5.91. The Balaban J connectivity index is 1.66. The van der Waals surface area contributed by atoms with Crippen molar-refractivity contribution in [3.05, 3.63) is 63.4 Å². The van der Waals surface area contributed by atoms with Crippen LogP contribution in [-0.4, -0.2) is 10.9 Å². The molecule has 0 saturated heterocycles. The van der Waals surface area contributed by atoms with Crippen LogP contribution in [0.2, 0.25) is 0 Å². The third-order valence-corrected chi connectivity index (χ3v) is 7.39. The van der Waals surface area contributed by atoms with Crippen LogP contribution in [-0.2, 0) is 12.8 Å². The number of nitrogens with two attached hydrogens (primary N) is 1. The van der Waals surface area contributed by atoms with Gasteiger partial charge in [0.1, 0.15) is 15.5 Å². The van der Waals surface area contributed by atoms with E-state index in [1.807, 2.05) is 26.0 Å². The first kappa shape index (κ1) is 20.8. The van der Waals surface area contributed by atoms with Crippen LogP contribution in [0.3, 0.4) is 0 Å². The highest BCUT2D eigenvalue weighted by Crippen LogP contribution is 2.44. The molecule has 1 aliphatic rings. The van der Waals surface area contributed by atoms with Crippen LogP contribution in [0.4, 0.5) is 11.4 Å². The summed E-state index contributed by atoms with van der Waals surface area (Å²) in [5, 5.41) is 3.94. The summed E-state index contributed by atoms with van der Waals surface area (Å²) in [6.07, 6.45) is 7.03. The van der Waals surface area contributed by atoms with Crippen molar-refractivity contribution in [2.45, 2.75) is 52.9 Å². The topological polar surface area (TPSA) is 81.2 Å². The molecule has 1 amide bonds. The fourth-order valence-electron chi connectivity index (χ4n) is 4.89. The highest BCUT2D eigenvalue weighted by atomic mass is 32.1. The van der Waals surface area contributed by atoms with E-state index in [2.05, 4.69) is 24.4 Å². The summed E-state index contributed by atoms with van der Waals surface area (Å²) in [5.41, 5.74) is 14.5. The Morgan fingerprint density at radius 3 is 2.59 bits per heavy atom. The average Bonchev–Trinajstić information content (AvgIpc) is 3.32. The molecule has 0 spiro atoms. The number of amides is 1. The second kappa shape index (κ2) is 8.10. The van der Waals surface area contributed by atoms with Gasteiger partial charge >= 0.3 is 0 Å². The highest BCUT2D eigenvalue weighted by Gasteiger charge is 2.26. The number of furan rings is 1. The number of nitrogens with one attached hydrogen (secondary N) is 1. The smallest absolute Gasteiger partial charge is 0.267 e. The number of aryl methyl sites for hydroxylation is 4. The van der Waals surface area contributed by atoms with Gasteiger partial charge in [0, 0.05) is 22.3 Å². The lowest BCUT2D eigenvalue weighted by molar-refractivity contribution is 0.103. The molecule has 0 fully saturated rings. The van der Waals surface area contributed by atoms with Gasteiger partial charge < -0.3 is 15.5 Å². The predicted molar refractivity (Wildman–Crippen MR) is 132 cm³/mol. The second-order valence-electron chi connectivity index (χ2n) is 8.70. The third-order valence-electron chi connectivity index (χ3n) is 6.29. The average molecular weight is 446 g/mol. The highest BCUT2D eigenvalue weighted by molar-refractivity contribution is 7.21. The van der Waals surface area contributed by atoms with E-state index in [4.69, 9.17) is 15.1 Å². The molecule has 164 valence electrons. The van der Waals surface area contributed by atoms with Gasteiger partial charge in [-0.25, -0.2) is 4.98 Å². The maximum atomic E-state index is 13.3. The van der Waals surface area contributed by atoms with Crippen molar-refractivity contribution in [2.24, 2.45) is 0 Å². The van der Waals surface area contributed by atoms with Crippen LogP contribution >= 0.6 is 11.3 Å². The predicted octanol–water partition coefficient (Wildman–Crippen LogP) is 6.58. The summed E-state index contributed by atoms with van der Waals surface area (Å²) in [7, 11) is 0. The van der Waals surface area contributed by atoms with Gasteiger partial charge in [-0.3, -0.25) is 4.79 Å². The van der Waals surface area contributed by atoms with Crippen LogP contribution in [0, 0.1) is 20.8 Å². The molecular formula is C26H27N3O2S. The van der Waals surface area contributed by atoms with Gasteiger partial charge in [-0.15, -0.1) is 11.3 Å². The number of nitrogen functional groups attached to an aromatic ring is 1. The molecule has 0 bridgehead atoms. The quantitative estimate of drug-likeness (QED) is 0.349. The van der Waals surface area contributed by atoms with E-state index in [9.17, 15) is 4.79 Å². The van der Waals surface area contributed by atoms with E-state index in [0.29, 0.717) is 10.6 Å². The van der Waals surface area contributed by atoms with E-state index in [-0.39, 0.29) is 5.91 Å². The first-order chi connectivity index (χ1) is 15.4. The van der Waals surface area contributed by atoms with Crippen molar-refractivity contribution in [1.29, 1.82) is 0 Å². The van der Waals surface area contributed by atoms with Gasteiger partial charge in [0.25, 0.3) is 5.91 Å². The summed E-state index contributed by atoms with van der Waals surface area (Å²) in [6, 6.07) is 8.01. The SMILES string of the molecule is Cc1cc(C)c(NC(=O)c2sc3nc4c(c(-c5ccco5)c3c2N)CCCCC4)c(C)c1. The summed E-state index contributed by atoms with van der Waals surface area (Å²) < 4.78 is 5.82. The number of pyridine rings is 1. The minimum absolute atomic E-state index is 0.193. The zero-order valence-corrected chi connectivity index (χ0v) is 19.5. The third kappa shape index (κ3) is 3.48. The minimum Gasteiger partial charge on any atom is -0.464 e. The molecule has 4 aromatic rings. The van der Waals surface area contributed by atoms with Crippen LogP contribution in [0.25, 0.3) is 21.5 Å². The fraction of sp³-hybridized carbons (Fsp3) is 0.308. The van der Waals surface area contributed by atoms with Gasteiger partial charge in [-0.1, -0.05) is 24.1 Å². The molecule has 5 rings (SSSR count). The summed E-state index contributed by atoms with van der Waals surface area (Å²) in [5.74, 6) is 0.596. The number of hydrogen-bond acceptors (Lipinski definition) is 5. The Morgan fingerprint density at radius 2 is 1.88 bits per heavy atom. The van der Waals surface area contributed by atoms with Crippen molar-refractivity contribution in [3.63, 3.8) is 0 Å². The largest absolute Gasteiger partial charge is 0.464 e. The summed E-state index contributed by atoms with van der Waals surface area (Å²) in [4.78, 5) is 19.6. The van der Waals surface area contributed by atoms with Crippen LogP contribution < -0.4 is 11.1 Å². The van der Waals surface area contributed by atoms with Gasteiger partial charge in [0.05, 0.1) is 12.0 Å². The Morgan fingerprint density at radius 1 is 1.12 bits per heavy atom. The Labute approximate surface area is 191 Å². The number of aromatic nitrogens is 1. The standard InChI is InChI=1S/C26H27N3O2S/c1-14-12-15(2)23(16(3)13-14)29-25(30)24-22(27)21-20(19-10-7-11-31-19)17-8-5-4-6-9-18(17)28-26(21)32-24/h7,10-13H,4-6,8-9,27H2,1-3H3,(H,29,30). The second-order valence-corrected chi connectivity index (χ2v) is 9.70. The van der Waals surface area contributed by atoms with E-state index in [1.54, 1.807) is 6.26 Å². The van der Waals surface area contributed by atoms with Crippen molar-refractivity contribution in [3.8, 4) is 11.3 Å². The van der Waals surface area contributed by atoms with Crippen LogP contribution in [0.1, 0.15) is 56.9 Å². The number of benzene rings is 1. The van der Waals surface area contributed by atoms with E-state index in [0.717, 1.165) is 69.7 Å². The molecule has 3 heterocycles. The van der Waals surface area contributed by atoms with Crippen molar-refractivity contribution in [1.82, 2.24) is 4.98 Å². The zero-order chi connectivity index (χ0) is 22.4. The number of carbonyl (C=O) groups is 1. The van der Waals surface area contributed by atoms with Gasteiger partial charge in [0.2, 0.25) is 0 Å². The number of carbonyl (C=O) groups excluding carboxylic acids is 1. The monoisotopic (exact) mass is 445 g/mol. The van der Waals surface area contributed by atoms with Crippen molar-refractivity contribution in [2.75, 3.05) is 11.1 Å². The number of hydrogen-bond donors (Lipinski definition) is 2. The molecule has 0 atom stereocenters. The van der Waals surface area contributed by atoms with Crippen molar-refractivity contribution >= 4 is 38.8 Å². The number of rotatable bonds is 3. The minimum atomic E-state index is -0.193. The summed E-state index contributed by atoms with van der Waals surface area (Å²) in [6.45, 7) is 6.08. The molecule has 6 heteroatoms. The Hall–Kier alpha value is -3.12. The van der Waals surface area contributed by atoms with Crippen LogP contribution in [0.5, 0.6) is 0 Å². The lowest BCUT2D eigenvalue weighted by Gasteiger charge is -2.13. The molecule has 3 N–H and O–H groups in total. The first-order valence-corrected chi connectivity index (χ1v) is 11.9. The molecule has 0 unspecified atom stereocenters. The van der Waals surface area contributed by atoms with E-state index < -0.39 is 0 Å². The molecule has 0 radical (unpaired) electrons. The molecule has 1 aromatic carbocycles. The lowest BCUT2D eigenvalue weighted by Crippen LogP contribution is -2.14. The Bertz CT molecular complexity index is 1310. The lowest BCUT2D eigenvalue weighted by atomic mass is 9.96. The normalized spacial score (nSPS) is 13.7. The van der Waals surface area contributed by atoms with Crippen LogP contribution in [0.15, 0.2) is 34.9 Å². The van der Waals surface area contributed by atoms with Gasteiger partial charge in [-0.05, 0) is 75.3 Å². The maximum Gasteiger partial charge on any atom is 0.267 e.